The zero-order chi connectivity index (χ0) is 25.4. The summed E-state index contributed by atoms with van der Waals surface area (Å²) in [4.78, 5) is 21.5. The number of nitrogens with zero attached hydrogens (tertiary/aromatic N) is 6. The summed E-state index contributed by atoms with van der Waals surface area (Å²) in [5, 5.41) is 12.1. The maximum absolute atomic E-state index is 4.91. The number of unbranched alkanes of at least 4 members (excludes halogenated alkanes) is 1. The van der Waals surface area contributed by atoms with Crippen LogP contribution in [0.25, 0.3) is 50.3 Å². The molecule has 5 aromatic heterocycles. The molecule has 0 amide bonds. The molecule has 9 heteroatoms. The van der Waals surface area contributed by atoms with Gasteiger partial charge in [0.25, 0.3) is 0 Å². The van der Waals surface area contributed by atoms with Crippen molar-refractivity contribution in [2.45, 2.75) is 33.1 Å². The summed E-state index contributed by atoms with van der Waals surface area (Å²) in [5.41, 5.74) is 9.07. The van der Waals surface area contributed by atoms with E-state index in [1.165, 1.54) is 0 Å². The van der Waals surface area contributed by atoms with Crippen LogP contribution < -0.4 is 5.32 Å². The number of aromatic nitrogens is 8. The smallest absolute Gasteiger partial charge is 0.159 e. The minimum atomic E-state index is 0.672. The van der Waals surface area contributed by atoms with Gasteiger partial charge in [0.2, 0.25) is 0 Å². The van der Waals surface area contributed by atoms with E-state index in [2.05, 4.69) is 67.2 Å². The lowest BCUT2D eigenvalue weighted by atomic mass is 10.0. The number of anilines is 1. The van der Waals surface area contributed by atoms with Crippen molar-refractivity contribution in [3.8, 4) is 28.3 Å². The number of aryl methyl sites for hydroxylation is 1. The van der Waals surface area contributed by atoms with Crippen LogP contribution in [0.1, 0.15) is 31.9 Å². The molecule has 0 fully saturated rings. The fourth-order valence-corrected chi connectivity index (χ4v) is 4.47. The monoisotopic (exact) mass is 489 g/mol. The number of rotatable bonds is 8. The second-order valence-corrected chi connectivity index (χ2v) is 9.19. The molecule has 0 saturated carbocycles. The van der Waals surface area contributed by atoms with E-state index in [1.807, 2.05) is 36.1 Å². The van der Waals surface area contributed by atoms with E-state index in [1.54, 1.807) is 18.7 Å². The number of allylic oxidation sites excluding steroid dienone is 1. The van der Waals surface area contributed by atoms with Gasteiger partial charge in [-0.2, -0.15) is 5.10 Å². The van der Waals surface area contributed by atoms with Crippen molar-refractivity contribution >= 4 is 27.6 Å². The summed E-state index contributed by atoms with van der Waals surface area (Å²) in [7, 11) is 0. The van der Waals surface area contributed by atoms with Crippen molar-refractivity contribution in [3.63, 3.8) is 0 Å². The molecule has 0 spiro atoms. The van der Waals surface area contributed by atoms with Crippen LogP contribution in [0.5, 0.6) is 0 Å². The Labute approximate surface area is 213 Å². The van der Waals surface area contributed by atoms with Gasteiger partial charge in [0.05, 0.1) is 53.0 Å². The summed E-state index contributed by atoms with van der Waals surface area (Å²) in [6.07, 6.45) is 14.2. The van der Waals surface area contributed by atoms with Gasteiger partial charge in [-0.1, -0.05) is 26.0 Å². The van der Waals surface area contributed by atoms with Crippen LogP contribution >= 0.6 is 0 Å². The molecular weight excluding hydrogens is 462 g/mol. The van der Waals surface area contributed by atoms with E-state index in [0.717, 1.165) is 80.8 Å². The topological polar surface area (TPSA) is 113 Å². The normalized spacial score (nSPS) is 11.4. The number of H-pyrrole nitrogens is 2. The Morgan fingerprint density at radius 1 is 1.05 bits per heavy atom. The van der Waals surface area contributed by atoms with Crippen LogP contribution in [0, 0.1) is 6.92 Å². The highest BCUT2D eigenvalue weighted by molar-refractivity contribution is 5.96. The molecule has 0 aliphatic rings. The molecule has 0 saturated heterocycles. The predicted octanol–water partition coefficient (Wildman–Crippen LogP) is 6.17. The molecule has 6 aromatic rings. The van der Waals surface area contributed by atoms with E-state index in [0.29, 0.717) is 5.82 Å². The van der Waals surface area contributed by atoms with E-state index in [9.17, 15) is 0 Å². The maximum atomic E-state index is 4.91. The number of nitrogens with one attached hydrogen (secondary N) is 3. The fourth-order valence-electron chi connectivity index (χ4n) is 4.47. The molecule has 0 radical (unpaired) electrons. The molecule has 0 aliphatic heterocycles. The van der Waals surface area contributed by atoms with Crippen molar-refractivity contribution in [2.24, 2.45) is 0 Å². The van der Waals surface area contributed by atoms with Crippen molar-refractivity contribution in [2.75, 3.05) is 5.32 Å². The van der Waals surface area contributed by atoms with Crippen molar-refractivity contribution in [3.05, 3.63) is 79.5 Å². The van der Waals surface area contributed by atoms with Crippen LogP contribution in [0.15, 0.2) is 73.9 Å². The lowest BCUT2D eigenvalue weighted by molar-refractivity contribution is 0.791. The minimum Gasteiger partial charge on any atom is -0.358 e. The minimum absolute atomic E-state index is 0.672. The van der Waals surface area contributed by atoms with Gasteiger partial charge in [0, 0.05) is 29.0 Å². The molecule has 1 aromatic carbocycles. The van der Waals surface area contributed by atoms with Crippen molar-refractivity contribution in [1.82, 2.24) is 39.7 Å². The quantitative estimate of drug-likeness (QED) is 0.236. The lowest BCUT2D eigenvalue weighted by Crippen LogP contribution is -1.98. The maximum Gasteiger partial charge on any atom is 0.159 e. The molecule has 0 atom stereocenters. The molecule has 37 heavy (non-hydrogen) atoms. The standard InChI is InChI=1S/C28H27N9/c1-4-5-6-17(2)32-21-9-20(11-29-12-21)19-7-8-23-22(10-19)26(36-35-23)28-33-24-13-30-14-25(27(24)34-28)37-15-18(3)31-16-37/h7-16,32H,2,4-6H2,1,3H3,(H,33,34)(H,35,36). The number of imidazole rings is 2. The zero-order valence-electron chi connectivity index (χ0n) is 20.8. The second-order valence-electron chi connectivity index (χ2n) is 9.19. The molecule has 0 aliphatic carbocycles. The first-order valence-corrected chi connectivity index (χ1v) is 12.3. The van der Waals surface area contributed by atoms with Crippen molar-refractivity contribution in [1.29, 1.82) is 0 Å². The fraction of sp³-hybridized carbons (Fsp3) is 0.179. The van der Waals surface area contributed by atoms with Gasteiger partial charge in [-0.15, -0.1) is 0 Å². The highest BCUT2D eigenvalue weighted by Gasteiger charge is 2.16. The molecule has 184 valence electrons. The number of benzene rings is 1. The zero-order valence-corrected chi connectivity index (χ0v) is 20.8. The molecule has 9 nitrogen and oxygen atoms in total. The molecular formula is C28H27N9. The van der Waals surface area contributed by atoms with Crippen LogP contribution in [-0.2, 0) is 0 Å². The Hall–Kier alpha value is -4.79. The molecule has 0 bridgehead atoms. The Bertz CT molecular complexity index is 1740. The summed E-state index contributed by atoms with van der Waals surface area (Å²) in [6, 6.07) is 8.31. The first kappa shape index (κ1) is 22.7. The Balaban J connectivity index is 1.37. The van der Waals surface area contributed by atoms with Gasteiger partial charge in [-0.25, -0.2) is 9.97 Å². The van der Waals surface area contributed by atoms with Gasteiger partial charge in [-0.3, -0.25) is 15.1 Å². The average molecular weight is 490 g/mol. The van der Waals surface area contributed by atoms with E-state index >= 15 is 0 Å². The molecule has 6 rings (SSSR count). The SMILES string of the molecule is C=C(CCCC)Nc1cncc(-c2ccc3[nH]nc(-c4nc5c(-n6cnc(C)c6)cncc5[nH]4)c3c2)c1. The van der Waals surface area contributed by atoms with E-state index in [-0.39, 0.29) is 0 Å². The number of aromatic amines is 2. The van der Waals surface area contributed by atoms with Gasteiger partial charge in [0.15, 0.2) is 5.82 Å². The number of hydrogen-bond acceptors (Lipinski definition) is 6. The molecule has 5 heterocycles. The highest BCUT2D eigenvalue weighted by Crippen LogP contribution is 2.32. The summed E-state index contributed by atoms with van der Waals surface area (Å²) in [5.74, 6) is 0.672. The van der Waals surface area contributed by atoms with Crippen LogP contribution in [0.4, 0.5) is 5.69 Å². The first-order valence-electron chi connectivity index (χ1n) is 12.3. The van der Waals surface area contributed by atoms with Crippen LogP contribution in [0.2, 0.25) is 0 Å². The number of pyridine rings is 2. The second kappa shape index (κ2) is 9.34. The summed E-state index contributed by atoms with van der Waals surface area (Å²) < 4.78 is 1.93. The Kier molecular flexibility index (Phi) is 5.72. The Morgan fingerprint density at radius 3 is 2.78 bits per heavy atom. The third-order valence-electron chi connectivity index (χ3n) is 6.38. The van der Waals surface area contributed by atoms with Gasteiger partial charge in [0.1, 0.15) is 11.2 Å². The van der Waals surface area contributed by atoms with Gasteiger partial charge in [-0.05, 0) is 43.5 Å². The van der Waals surface area contributed by atoms with E-state index in [4.69, 9.17) is 4.98 Å². The highest BCUT2D eigenvalue weighted by atomic mass is 15.1. The molecule has 3 N–H and O–H groups in total. The third kappa shape index (κ3) is 4.35. The lowest BCUT2D eigenvalue weighted by Gasteiger charge is -2.10. The predicted molar refractivity (Wildman–Crippen MR) is 146 cm³/mol. The first-order chi connectivity index (χ1) is 18.1. The summed E-state index contributed by atoms with van der Waals surface area (Å²) >= 11 is 0. The number of fused-ring (bicyclic) bond motifs is 2. The van der Waals surface area contributed by atoms with Gasteiger partial charge >= 0.3 is 0 Å². The summed E-state index contributed by atoms with van der Waals surface area (Å²) in [6.45, 7) is 8.28. The molecule has 0 unspecified atom stereocenters. The average Bonchev–Trinajstić information content (AvgIpc) is 3.64. The third-order valence-corrected chi connectivity index (χ3v) is 6.38. The van der Waals surface area contributed by atoms with Crippen LogP contribution in [0.3, 0.4) is 0 Å². The van der Waals surface area contributed by atoms with E-state index < -0.39 is 0 Å². The number of hydrogen-bond donors (Lipinski definition) is 3. The van der Waals surface area contributed by atoms with Crippen molar-refractivity contribution < 1.29 is 0 Å². The largest absolute Gasteiger partial charge is 0.358 e. The Morgan fingerprint density at radius 2 is 1.95 bits per heavy atom. The van der Waals surface area contributed by atoms with Gasteiger partial charge < -0.3 is 14.9 Å². The van der Waals surface area contributed by atoms with Crippen LogP contribution in [-0.4, -0.2) is 39.7 Å².